The summed E-state index contributed by atoms with van der Waals surface area (Å²) in [6, 6.07) is 6.39. The molecule has 2 heterocycles. The molecule has 1 aliphatic rings. The number of halogens is 3. The van der Waals surface area contributed by atoms with Crippen LogP contribution >= 0.6 is 11.6 Å². The Kier molecular flexibility index (Phi) is 8.41. The lowest BCUT2D eigenvalue weighted by Crippen LogP contribution is -2.46. The smallest absolute Gasteiger partial charge is 0.387 e. The van der Waals surface area contributed by atoms with Crippen molar-refractivity contribution >= 4 is 23.4 Å². The first-order chi connectivity index (χ1) is 16.2. The van der Waals surface area contributed by atoms with Crippen LogP contribution < -0.4 is 10.5 Å². The first-order valence-electron chi connectivity index (χ1n) is 10.7. The molecular weight excluding hydrogens is 470 g/mol. The molecule has 0 unspecified atom stereocenters. The normalized spacial score (nSPS) is 14.4. The first kappa shape index (κ1) is 25.4. The van der Waals surface area contributed by atoms with E-state index in [1.807, 2.05) is 7.05 Å². The molecule has 0 bridgehead atoms. The van der Waals surface area contributed by atoms with Crippen LogP contribution in [0.2, 0.25) is 5.02 Å². The number of primary amides is 1. The second kappa shape index (κ2) is 11.3. The molecule has 1 fully saturated rings. The zero-order chi connectivity index (χ0) is 24.8. The molecule has 2 aromatic rings. The monoisotopic (exact) mass is 494 g/mol. The van der Waals surface area contributed by atoms with Crippen molar-refractivity contribution in [3.63, 3.8) is 0 Å². The Labute approximate surface area is 200 Å². The van der Waals surface area contributed by atoms with Crippen LogP contribution in [0.3, 0.4) is 0 Å². The number of hydrogen-bond acceptors (Lipinski definition) is 6. The third-order valence-electron chi connectivity index (χ3n) is 5.75. The van der Waals surface area contributed by atoms with E-state index in [9.17, 15) is 18.4 Å². The van der Waals surface area contributed by atoms with Gasteiger partial charge in [0.15, 0.2) is 0 Å². The summed E-state index contributed by atoms with van der Waals surface area (Å²) in [6.07, 6.45) is 3.32. The zero-order valence-electron chi connectivity index (χ0n) is 18.6. The van der Waals surface area contributed by atoms with Gasteiger partial charge in [0.1, 0.15) is 18.0 Å². The van der Waals surface area contributed by atoms with Gasteiger partial charge in [-0.3, -0.25) is 14.3 Å². The number of nitriles is 1. The molecule has 0 spiro atoms. The fraction of sp³-hybridized carbons (Fsp3) is 0.455. The SMILES string of the molecule is CN(CCC#N)C1CCN(C(=O)Cn2cc(C(N)=O)c(-c3cc(Cl)ccc3OC(F)F)n2)CC1. The van der Waals surface area contributed by atoms with Crippen LogP contribution in [0.5, 0.6) is 5.75 Å². The second-order valence-electron chi connectivity index (χ2n) is 7.97. The van der Waals surface area contributed by atoms with Crippen LogP contribution in [0, 0.1) is 11.3 Å². The van der Waals surface area contributed by atoms with E-state index >= 15 is 0 Å². The molecule has 0 aliphatic carbocycles. The van der Waals surface area contributed by atoms with Crippen molar-refractivity contribution in [3.05, 3.63) is 35.0 Å². The average molecular weight is 495 g/mol. The Bertz CT molecular complexity index is 1080. The van der Waals surface area contributed by atoms with Crippen LogP contribution in [0.15, 0.2) is 24.4 Å². The fourth-order valence-corrected chi connectivity index (χ4v) is 4.14. The topological polar surface area (TPSA) is 117 Å². The molecule has 182 valence electrons. The lowest BCUT2D eigenvalue weighted by molar-refractivity contribution is -0.133. The second-order valence-corrected chi connectivity index (χ2v) is 8.41. The maximum atomic E-state index is 12.9. The molecule has 1 aliphatic heterocycles. The molecule has 2 N–H and O–H groups in total. The standard InChI is InChI=1S/C22H25ClF2N6O3/c1-29(8-2-7-26)15-5-9-30(10-6-15)19(32)13-31-12-17(21(27)33)20(28-31)16-11-14(23)3-4-18(16)34-22(24)25/h3-4,11-12,15,22H,2,5-6,8-10,13H2,1H3,(H2,27,33). The van der Waals surface area contributed by atoms with E-state index in [4.69, 9.17) is 22.6 Å². The Morgan fingerprint density at radius 3 is 2.71 bits per heavy atom. The van der Waals surface area contributed by atoms with E-state index in [1.165, 1.54) is 29.1 Å². The van der Waals surface area contributed by atoms with E-state index < -0.39 is 12.5 Å². The Balaban J connectivity index is 1.75. The summed E-state index contributed by atoms with van der Waals surface area (Å²) < 4.78 is 31.5. The van der Waals surface area contributed by atoms with Gasteiger partial charge in [-0.1, -0.05) is 11.6 Å². The third-order valence-corrected chi connectivity index (χ3v) is 5.99. The summed E-state index contributed by atoms with van der Waals surface area (Å²) in [5, 5.41) is 13.2. The molecule has 0 radical (unpaired) electrons. The van der Waals surface area contributed by atoms with Gasteiger partial charge < -0.3 is 20.3 Å². The lowest BCUT2D eigenvalue weighted by Gasteiger charge is -2.36. The van der Waals surface area contributed by atoms with Gasteiger partial charge in [0.25, 0.3) is 5.91 Å². The molecule has 12 heteroatoms. The minimum absolute atomic E-state index is 0.00345. The van der Waals surface area contributed by atoms with Gasteiger partial charge >= 0.3 is 6.61 Å². The van der Waals surface area contributed by atoms with Gasteiger partial charge in [-0.2, -0.15) is 19.1 Å². The van der Waals surface area contributed by atoms with Gasteiger partial charge in [0.2, 0.25) is 5.91 Å². The van der Waals surface area contributed by atoms with Gasteiger partial charge in [-0.05, 0) is 38.1 Å². The summed E-state index contributed by atoms with van der Waals surface area (Å²) in [5.74, 6) is -1.25. The number of piperidine rings is 1. The van der Waals surface area contributed by atoms with Crippen molar-refractivity contribution < 1.29 is 23.1 Å². The number of carbonyl (C=O) groups excluding carboxylic acids is 2. The van der Waals surface area contributed by atoms with Crippen LogP contribution in [-0.2, 0) is 11.3 Å². The zero-order valence-corrected chi connectivity index (χ0v) is 19.3. The van der Waals surface area contributed by atoms with E-state index in [2.05, 4.69) is 20.8 Å². The van der Waals surface area contributed by atoms with E-state index in [1.54, 1.807) is 4.90 Å². The van der Waals surface area contributed by atoms with Crippen molar-refractivity contribution in [2.75, 3.05) is 26.7 Å². The minimum atomic E-state index is -3.09. The molecule has 34 heavy (non-hydrogen) atoms. The van der Waals surface area contributed by atoms with Crippen LogP contribution in [0.25, 0.3) is 11.3 Å². The largest absolute Gasteiger partial charge is 0.434 e. The number of nitrogens with zero attached hydrogens (tertiary/aromatic N) is 5. The summed E-state index contributed by atoms with van der Waals surface area (Å²) in [5.41, 5.74) is 5.48. The predicted molar refractivity (Wildman–Crippen MR) is 120 cm³/mol. The molecule has 0 saturated carbocycles. The van der Waals surface area contributed by atoms with Crippen molar-refractivity contribution in [2.24, 2.45) is 5.73 Å². The summed E-state index contributed by atoms with van der Waals surface area (Å²) >= 11 is 6.02. The number of ether oxygens (including phenoxy) is 1. The highest BCUT2D eigenvalue weighted by Crippen LogP contribution is 2.34. The number of hydrogen-bond donors (Lipinski definition) is 1. The van der Waals surface area contributed by atoms with Crippen LogP contribution in [-0.4, -0.2) is 70.7 Å². The average Bonchev–Trinajstić information content (AvgIpc) is 3.22. The fourth-order valence-electron chi connectivity index (χ4n) is 3.97. The molecular formula is C22H25ClF2N6O3. The van der Waals surface area contributed by atoms with Gasteiger partial charge in [0.05, 0.1) is 11.6 Å². The number of carbonyl (C=O) groups is 2. The number of nitrogens with two attached hydrogens (primary N) is 1. The third kappa shape index (κ3) is 6.21. The molecule has 0 atom stereocenters. The number of amides is 2. The number of alkyl halides is 2. The molecule has 3 rings (SSSR count). The number of aromatic nitrogens is 2. The van der Waals surface area contributed by atoms with Gasteiger partial charge in [-0.25, -0.2) is 0 Å². The Morgan fingerprint density at radius 2 is 2.09 bits per heavy atom. The lowest BCUT2D eigenvalue weighted by atomic mass is 10.0. The maximum Gasteiger partial charge on any atom is 0.387 e. The van der Waals surface area contributed by atoms with Crippen molar-refractivity contribution in [1.29, 1.82) is 5.26 Å². The summed E-state index contributed by atoms with van der Waals surface area (Å²) in [6.45, 7) is -1.46. The molecule has 1 aromatic carbocycles. The number of likely N-dealkylation sites (tertiary alicyclic amines) is 1. The minimum Gasteiger partial charge on any atom is -0.434 e. The van der Waals surface area contributed by atoms with Crippen LogP contribution in [0.1, 0.15) is 29.6 Å². The highest BCUT2D eigenvalue weighted by Gasteiger charge is 2.27. The van der Waals surface area contributed by atoms with E-state index in [0.29, 0.717) is 32.1 Å². The summed E-state index contributed by atoms with van der Waals surface area (Å²) in [7, 11) is 1.97. The Morgan fingerprint density at radius 1 is 1.38 bits per heavy atom. The summed E-state index contributed by atoms with van der Waals surface area (Å²) in [4.78, 5) is 28.7. The van der Waals surface area contributed by atoms with Gasteiger partial charge in [0, 0.05) is 48.9 Å². The van der Waals surface area contributed by atoms with Crippen molar-refractivity contribution in [1.82, 2.24) is 19.6 Å². The Hall–Kier alpha value is -3.23. The molecule has 9 nitrogen and oxygen atoms in total. The van der Waals surface area contributed by atoms with Crippen LogP contribution in [0.4, 0.5) is 8.78 Å². The van der Waals surface area contributed by atoms with Crippen molar-refractivity contribution in [3.8, 4) is 23.1 Å². The van der Waals surface area contributed by atoms with Crippen molar-refractivity contribution in [2.45, 2.75) is 38.5 Å². The molecule has 1 aromatic heterocycles. The number of rotatable bonds is 9. The van der Waals surface area contributed by atoms with E-state index in [0.717, 1.165) is 12.8 Å². The number of benzene rings is 1. The molecule has 1 saturated heterocycles. The van der Waals surface area contributed by atoms with E-state index in [-0.39, 0.29) is 40.0 Å². The first-order valence-corrected chi connectivity index (χ1v) is 11.0. The quantitative estimate of drug-likeness (QED) is 0.572. The highest BCUT2D eigenvalue weighted by molar-refractivity contribution is 6.31. The van der Waals surface area contributed by atoms with Gasteiger partial charge in [-0.15, -0.1) is 0 Å². The predicted octanol–water partition coefficient (Wildman–Crippen LogP) is 2.74. The molecule has 2 amide bonds. The maximum absolute atomic E-state index is 12.9. The highest BCUT2D eigenvalue weighted by atomic mass is 35.5.